The van der Waals surface area contributed by atoms with Crippen LogP contribution in [0.25, 0.3) is 0 Å². The van der Waals surface area contributed by atoms with E-state index in [2.05, 4.69) is 51.0 Å². The Balaban J connectivity index is 2.39. The smallest absolute Gasteiger partial charge is 0.0847 e. The van der Waals surface area contributed by atoms with Crippen molar-refractivity contribution in [2.45, 2.75) is 53.1 Å². The number of hydrogen-bond donors (Lipinski definition) is 1. The quantitative estimate of drug-likeness (QED) is 0.931. The van der Waals surface area contributed by atoms with Crippen molar-refractivity contribution in [3.63, 3.8) is 0 Å². The molecule has 0 amide bonds. The van der Waals surface area contributed by atoms with E-state index in [1.54, 1.807) is 0 Å². The molecule has 3 nitrogen and oxygen atoms in total. The Hall–Kier alpha value is -1.32. The number of benzene rings is 1. The molecule has 4 heteroatoms. The van der Waals surface area contributed by atoms with E-state index < -0.39 is 5.54 Å². The van der Waals surface area contributed by atoms with Crippen molar-refractivity contribution < 1.29 is 0 Å². The van der Waals surface area contributed by atoms with Gasteiger partial charge in [-0.25, -0.2) is 0 Å². The van der Waals surface area contributed by atoms with E-state index >= 15 is 0 Å². The molecule has 1 unspecified atom stereocenters. The largest absolute Gasteiger partial charge is 0.321 e. The Morgan fingerprint density at radius 2 is 1.90 bits per heavy atom. The monoisotopic (exact) mass is 305 g/mol. The topological polar surface area (TPSA) is 43.8 Å². The molecule has 0 spiro atoms. The van der Waals surface area contributed by atoms with Crippen molar-refractivity contribution in [3.8, 4) is 0 Å². The molecule has 1 aromatic heterocycles. The average molecular weight is 306 g/mol. The van der Waals surface area contributed by atoms with Crippen LogP contribution in [0.4, 0.5) is 0 Å². The fourth-order valence-corrected chi connectivity index (χ4v) is 2.79. The number of nitrogens with zero attached hydrogens (tertiary/aromatic N) is 2. The fourth-order valence-electron chi connectivity index (χ4n) is 2.58. The van der Waals surface area contributed by atoms with Crippen LogP contribution in [0.2, 0.25) is 5.02 Å². The van der Waals surface area contributed by atoms with Crippen LogP contribution in [0.5, 0.6) is 0 Å². The zero-order valence-corrected chi connectivity index (χ0v) is 14.3. The molecule has 2 rings (SSSR count). The highest BCUT2D eigenvalue weighted by Crippen LogP contribution is 2.29. The highest BCUT2D eigenvalue weighted by molar-refractivity contribution is 6.31. The predicted molar refractivity (Wildman–Crippen MR) is 88.8 cm³/mol. The molecule has 0 saturated carbocycles. The number of halogens is 1. The molecule has 0 aliphatic rings. The van der Waals surface area contributed by atoms with Crippen molar-refractivity contribution in [3.05, 3.63) is 51.3 Å². The number of rotatable bonds is 4. The molecule has 2 aromatic rings. The highest BCUT2D eigenvalue weighted by atomic mass is 35.5. The lowest BCUT2D eigenvalue weighted by Crippen LogP contribution is -2.36. The minimum Gasteiger partial charge on any atom is -0.321 e. The van der Waals surface area contributed by atoms with E-state index in [-0.39, 0.29) is 0 Å². The van der Waals surface area contributed by atoms with Gasteiger partial charge in [0.2, 0.25) is 0 Å². The third kappa shape index (κ3) is 3.14. The summed E-state index contributed by atoms with van der Waals surface area (Å²) in [5.41, 5.74) is 11.7. The van der Waals surface area contributed by atoms with Crippen LogP contribution in [-0.2, 0) is 18.5 Å². The first-order valence-electron chi connectivity index (χ1n) is 7.34. The molecule has 1 atom stereocenters. The van der Waals surface area contributed by atoms with Crippen LogP contribution in [0, 0.1) is 20.8 Å². The van der Waals surface area contributed by atoms with E-state index in [4.69, 9.17) is 17.3 Å². The molecule has 21 heavy (non-hydrogen) atoms. The molecule has 0 saturated heterocycles. The fraction of sp³-hybridized carbons (Fsp3) is 0.471. The Morgan fingerprint density at radius 1 is 1.24 bits per heavy atom. The summed E-state index contributed by atoms with van der Waals surface area (Å²) in [5, 5.41) is 5.20. The maximum atomic E-state index is 6.59. The lowest BCUT2D eigenvalue weighted by molar-refractivity contribution is 0.463. The van der Waals surface area contributed by atoms with Crippen molar-refractivity contribution in [2.24, 2.45) is 5.73 Å². The van der Waals surface area contributed by atoms with E-state index in [0.29, 0.717) is 6.42 Å². The molecule has 2 N–H and O–H groups in total. The first-order chi connectivity index (χ1) is 9.76. The zero-order valence-electron chi connectivity index (χ0n) is 13.5. The van der Waals surface area contributed by atoms with Crippen molar-refractivity contribution in [1.29, 1.82) is 0 Å². The van der Waals surface area contributed by atoms with Crippen molar-refractivity contribution in [1.82, 2.24) is 9.78 Å². The predicted octanol–water partition coefficient (Wildman–Crippen LogP) is 3.90. The second-order valence-electron chi connectivity index (χ2n) is 6.06. The van der Waals surface area contributed by atoms with Crippen LogP contribution in [-0.4, -0.2) is 9.78 Å². The minimum atomic E-state index is -0.471. The third-order valence-corrected chi connectivity index (χ3v) is 4.65. The summed E-state index contributed by atoms with van der Waals surface area (Å²) in [6.45, 7) is 11.1. The molecule has 0 aliphatic carbocycles. The van der Waals surface area contributed by atoms with Crippen LogP contribution in [0.1, 0.15) is 41.9 Å². The summed E-state index contributed by atoms with van der Waals surface area (Å²) in [6.07, 6.45) is 0.670. The second kappa shape index (κ2) is 5.82. The number of aryl methyl sites for hydroxylation is 4. The number of aromatic nitrogens is 2. The summed E-state index contributed by atoms with van der Waals surface area (Å²) in [4.78, 5) is 0. The first-order valence-corrected chi connectivity index (χ1v) is 7.72. The summed E-state index contributed by atoms with van der Waals surface area (Å²) < 4.78 is 1.95. The van der Waals surface area contributed by atoms with Gasteiger partial charge in [0.05, 0.1) is 16.4 Å². The standard InChI is InChI=1S/C17H24ClN3/c1-6-21-15(16(18)13(4)20-21)10-17(5,19)14-8-7-11(2)12(3)9-14/h7-9H,6,10,19H2,1-5H3. The first kappa shape index (κ1) is 16.1. The number of hydrogen-bond acceptors (Lipinski definition) is 2. The minimum absolute atomic E-state index is 0.471. The van der Waals surface area contributed by atoms with E-state index in [1.807, 2.05) is 11.6 Å². The molecular weight excluding hydrogens is 282 g/mol. The maximum Gasteiger partial charge on any atom is 0.0847 e. The van der Waals surface area contributed by atoms with Gasteiger partial charge in [0, 0.05) is 18.5 Å². The molecule has 0 fully saturated rings. The Morgan fingerprint density at radius 3 is 2.48 bits per heavy atom. The van der Waals surface area contributed by atoms with Gasteiger partial charge in [0.25, 0.3) is 0 Å². The van der Waals surface area contributed by atoms with Gasteiger partial charge >= 0.3 is 0 Å². The van der Waals surface area contributed by atoms with Crippen LogP contribution in [0.3, 0.4) is 0 Å². The van der Waals surface area contributed by atoms with Crippen LogP contribution < -0.4 is 5.73 Å². The van der Waals surface area contributed by atoms with Gasteiger partial charge in [-0.3, -0.25) is 4.68 Å². The van der Waals surface area contributed by atoms with Gasteiger partial charge in [-0.05, 0) is 51.3 Å². The maximum absolute atomic E-state index is 6.59. The highest BCUT2D eigenvalue weighted by Gasteiger charge is 2.26. The molecule has 0 bridgehead atoms. The van der Waals surface area contributed by atoms with Crippen LogP contribution in [0.15, 0.2) is 18.2 Å². The molecule has 1 aromatic carbocycles. The summed E-state index contributed by atoms with van der Waals surface area (Å²) in [5.74, 6) is 0. The van der Waals surface area contributed by atoms with Crippen LogP contribution >= 0.6 is 11.6 Å². The summed E-state index contributed by atoms with van der Waals surface area (Å²) in [6, 6.07) is 6.40. The average Bonchev–Trinajstić information content (AvgIpc) is 2.69. The van der Waals surface area contributed by atoms with Gasteiger partial charge in [-0.2, -0.15) is 5.10 Å². The van der Waals surface area contributed by atoms with E-state index in [1.165, 1.54) is 11.1 Å². The summed E-state index contributed by atoms with van der Waals surface area (Å²) in [7, 11) is 0. The Labute approximate surface area is 132 Å². The SMILES string of the molecule is CCn1nc(C)c(Cl)c1CC(C)(N)c1ccc(C)c(C)c1. The lowest BCUT2D eigenvalue weighted by Gasteiger charge is -2.26. The summed E-state index contributed by atoms with van der Waals surface area (Å²) >= 11 is 6.40. The van der Waals surface area contributed by atoms with Gasteiger partial charge in [0.1, 0.15) is 0 Å². The van der Waals surface area contributed by atoms with Gasteiger partial charge in [0.15, 0.2) is 0 Å². The number of nitrogens with two attached hydrogens (primary N) is 1. The molecule has 1 heterocycles. The normalized spacial score (nSPS) is 14.2. The van der Waals surface area contributed by atoms with E-state index in [9.17, 15) is 0 Å². The zero-order chi connectivity index (χ0) is 15.8. The lowest BCUT2D eigenvalue weighted by atomic mass is 9.86. The van der Waals surface area contributed by atoms with Crippen molar-refractivity contribution in [2.75, 3.05) is 0 Å². The molecule has 0 radical (unpaired) electrons. The van der Waals surface area contributed by atoms with Gasteiger partial charge in [-0.1, -0.05) is 29.8 Å². The van der Waals surface area contributed by atoms with E-state index in [0.717, 1.165) is 28.5 Å². The second-order valence-corrected chi connectivity index (χ2v) is 6.43. The van der Waals surface area contributed by atoms with Gasteiger partial charge < -0.3 is 5.73 Å². The molecule has 0 aliphatic heterocycles. The molecule has 114 valence electrons. The van der Waals surface area contributed by atoms with Crippen molar-refractivity contribution >= 4 is 11.6 Å². The van der Waals surface area contributed by atoms with Gasteiger partial charge in [-0.15, -0.1) is 0 Å². The molecular formula is C17H24ClN3. The Bertz CT molecular complexity index is 656. The Kier molecular flexibility index (Phi) is 4.45. The third-order valence-electron chi connectivity index (χ3n) is 4.15.